The molecule has 0 spiro atoms. The third-order valence-corrected chi connectivity index (χ3v) is 3.84. The van der Waals surface area contributed by atoms with Gasteiger partial charge in [0.1, 0.15) is 5.03 Å². The molecule has 17 heavy (non-hydrogen) atoms. The van der Waals surface area contributed by atoms with E-state index < -0.39 is 0 Å². The molecule has 0 fully saturated rings. The molecule has 1 aromatic carbocycles. The van der Waals surface area contributed by atoms with Crippen LogP contribution in [0.2, 0.25) is 5.02 Å². The lowest BCUT2D eigenvalue weighted by atomic mass is 10.4. The van der Waals surface area contributed by atoms with Crippen LogP contribution < -0.4 is 5.73 Å². The highest BCUT2D eigenvalue weighted by molar-refractivity contribution is 7.99. The number of nitrogens with zero attached hydrogens (tertiary/aromatic N) is 2. The molecule has 0 saturated heterocycles. The van der Waals surface area contributed by atoms with Gasteiger partial charge in [-0.3, -0.25) is 4.68 Å². The van der Waals surface area contributed by atoms with Crippen LogP contribution in [-0.2, 0) is 6.54 Å². The molecule has 90 valence electrons. The number of rotatable bonds is 3. The summed E-state index contributed by atoms with van der Waals surface area (Å²) in [6, 6.07) is 7.71. The molecule has 3 nitrogen and oxygen atoms in total. The van der Waals surface area contributed by atoms with E-state index in [1.54, 1.807) is 11.8 Å². The minimum Gasteiger partial charge on any atom is -0.395 e. The lowest BCUT2D eigenvalue weighted by molar-refractivity contribution is 0.602. The predicted octanol–water partition coefficient (Wildman–Crippen LogP) is 3.60. The second kappa shape index (κ2) is 5.02. The Morgan fingerprint density at radius 3 is 2.59 bits per heavy atom. The Labute approximate surface area is 110 Å². The van der Waals surface area contributed by atoms with Crippen LogP contribution in [0.15, 0.2) is 34.2 Å². The van der Waals surface area contributed by atoms with Crippen LogP contribution in [0.5, 0.6) is 0 Å². The molecular formula is C12H14ClN3S. The van der Waals surface area contributed by atoms with Crippen molar-refractivity contribution in [3.63, 3.8) is 0 Å². The van der Waals surface area contributed by atoms with Gasteiger partial charge in [0.25, 0.3) is 0 Å². The molecule has 0 aliphatic heterocycles. The van der Waals surface area contributed by atoms with Crippen molar-refractivity contribution in [1.82, 2.24) is 9.78 Å². The summed E-state index contributed by atoms with van der Waals surface area (Å²) in [5, 5.41) is 6.12. The summed E-state index contributed by atoms with van der Waals surface area (Å²) in [6.45, 7) is 4.79. The minimum absolute atomic E-state index is 0.738. The maximum Gasteiger partial charge on any atom is 0.122 e. The van der Waals surface area contributed by atoms with E-state index in [-0.39, 0.29) is 0 Å². The van der Waals surface area contributed by atoms with Gasteiger partial charge in [0.05, 0.1) is 11.4 Å². The van der Waals surface area contributed by atoms with Crippen molar-refractivity contribution in [3.05, 3.63) is 35.0 Å². The first-order valence-electron chi connectivity index (χ1n) is 5.38. The molecule has 2 rings (SSSR count). The molecule has 2 N–H and O–H groups in total. The fourth-order valence-electron chi connectivity index (χ4n) is 1.51. The van der Waals surface area contributed by atoms with E-state index in [0.29, 0.717) is 0 Å². The first kappa shape index (κ1) is 12.3. The van der Waals surface area contributed by atoms with E-state index >= 15 is 0 Å². The zero-order chi connectivity index (χ0) is 12.4. The van der Waals surface area contributed by atoms with Gasteiger partial charge in [-0.05, 0) is 38.1 Å². The normalized spacial score (nSPS) is 10.8. The minimum atomic E-state index is 0.738. The topological polar surface area (TPSA) is 43.8 Å². The van der Waals surface area contributed by atoms with Gasteiger partial charge in [0.15, 0.2) is 0 Å². The van der Waals surface area contributed by atoms with Gasteiger partial charge in [0, 0.05) is 16.5 Å². The molecule has 5 heteroatoms. The van der Waals surface area contributed by atoms with E-state index in [1.807, 2.05) is 35.9 Å². The van der Waals surface area contributed by atoms with Crippen LogP contribution in [0.25, 0.3) is 0 Å². The van der Waals surface area contributed by atoms with Gasteiger partial charge in [-0.2, -0.15) is 5.10 Å². The summed E-state index contributed by atoms with van der Waals surface area (Å²) in [7, 11) is 0. The van der Waals surface area contributed by atoms with Crippen molar-refractivity contribution in [2.45, 2.75) is 30.3 Å². The van der Waals surface area contributed by atoms with Crippen molar-refractivity contribution in [1.29, 1.82) is 0 Å². The smallest absolute Gasteiger partial charge is 0.122 e. The summed E-state index contributed by atoms with van der Waals surface area (Å²) in [5.74, 6) is 0. The number of aryl methyl sites for hydroxylation is 2. The number of hydrogen-bond acceptors (Lipinski definition) is 3. The quantitative estimate of drug-likeness (QED) is 0.924. The third-order valence-electron chi connectivity index (χ3n) is 2.45. The van der Waals surface area contributed by atoms with E-state index in [4.69, 9.17) is 17.3 Å². The van der Waals surface area contributed by atoms with Gasteiger partial charge in [-0.1, -0.05) is 23.4 Å². The zero-order valence-corrected chi connectivity index (χ0v) is 11.3. The highest BCUT2D eigenvalue weighted by atomic mass is 35.5. The molecule has 0 saturated carbocycles. The van der Waals surface area contributed by atoms with E-state index in [0.717, 1.165) is 32.9 Å². The van der Waals surface area contributed by atoms with Crippen molar-refractivity contribution >= 4 is 29.1 Å². The number of nitrogen functional groups attached to an aromatic ring is 1. The number of benzene rings is 1. The second-order valence-corrected chi connectivity index (χ2v) is 5.17. The Morgan fingerprint density at radius 2 is 2.00 bits per heavy atom. The standard InChI is InChI=1S/C12H14ClN3S/c1-3-16-12(11(14)8(2)15-16)17-10-6-4-9(13)5-7-10/h4-7H,3,14H2,1-2H3. The van der Waals surface area contributed by atoms with Gasteiger partial charge < -0.3 is 5.73 Å². The molecule has 0 unspecified atom stereocenters. The van der Waals surface area contributed by atoms with Gasteiger partial charge >= 0.3 is 0 Å². The summed E-state index contributed by atoms with van der Waals surface area (Å²) < 4.78 is 1.92. The number of anilines is 1. The average Bonchev–Trinajstić information content (AvgIpc) is 2.59. The lowest BCUT2D eigenvalue weighted by Gasteiger charge is -2.05. The summed E-state index contributed by atoms with van der Waals surface area (Å²) in [5.41, 5.74) is 7.66. The maximum absolute atomic E-state index is 6.03. The Balaban J connectivity index is 2.32. The molecule has 0 amide bonds. The lowest BCUT2D eigenvalue weighted by Crippen LogP contribution is -1.98. The molecule has 2 aromatic rings. The maximum atomic E-state index is 6.03. The Kier molecular flexibility index (Phi) is 3.64. The molecule has 1 heterocycles. The average molecular weight is 268 g/mol. The molecule has 0 aliphatic carbocycles. The molecule has 0 bridgehead atoms. The Bertz CT molecular complexity index is 519. The van der Waals surface area contributed by atoms with Crippen LogP contribution in [0, 0.1) is 6.92 Å². The third kappa shape index (κ3) is 2.58. The monoisotopic (exact) mass is 267 g/mol. The number of halogens is 1. The predicted molar refractivity (Wildman–Crippen MR) is 72.6 cm³/mol. The highest BCUT2D eigenvalue weighted by Gasteiger charge is 2.12. The zero-order valence-electron chi connectivity index (χ0n) is 9.77. The van der Waals surface area contributed by atoms with Crippen LogP contribution in [-0.4, -0.2) is 9.78 Å². The van der Waals surface area contributed by atoms with Gasteiger partial charge in [-0.25, -0.2) is 0 Å². The van der Waals surface area contributed by atoms with Crippen molar-refractivity contribution in [2.24, 2.45) is 0 Å². The van der Waals surface area contributed by atoms with E-state index in [9.17, 15) is 0 Å². The van der Waals surface area contributed by atoms with Crippen molar-refractivity contribution < 1.29 is 0 Å². The largest absolute Gasteiger partial charge is 0.395 e. The van der Waals surface area contributed by atoms with Crippen LogP contribution in [0.1, 0.15) is 12.6 Å². The van der Waals surface area contributed by atoms with Crippen LogP contribution >= 0.6 is 23.4 Å². The fraction of sp³-hybridized carbons (Fsp3) is 0.250. The van der Waals surface area contributed by atoms with E-state index in [1.165, 1.54) is 0 Å². The fourth-order valence-corrected chi connectivity index (χ4v) is 2.66. The van der Waals surface area contributed by atoms with E-state index in [2.05, 4.69) is 12.0 Å². The number of aromatic nitrogens is 2. The second-order valence-electron chi connectivity index (χ2n) is 3.68. The molecular weight excluding hydrogens is 254 g/mol. The first-order chi connectivity index (χ1) is 8.11. The molecule has 1 aromatic heterocycles. The summed E-state index contributed by atoms with van der Waals surface area (Å²) in [4.78, 5) is 1.11. The molecule has 0 radical (unpaired) electrons. The first-order valence-corrected chi connectivity index (χ1v) is 6.57. The highest BCUT2D eigenvalue weighted by Crippen LogP contribution is 2.34. The Hall–Kier alpha value is -1.13. The SMILES string of the molecule is CCn1nc(C)c(N)c1Sc1ccc(Cl)cc1. The number of hydrogen-bond donors (Lipinski definition) is 1. The van der Waals surface area contributed by atoms with Gasteiger partial charge in [-0.15, -0.1) is 0 Å². The van der Waals surface area contributed by atoms with Gasteiger partial charge in [0.2, 0.25) is 0 Å². The molecule has 0 aliphatic rings. The van der Waals surface area contributed by atoms with Crippen LogP contribution in [0.3, 0.4) is 0 Å². The summed E-state index contributed by atoms with van der Waals surface area (Å²) >= 11 is 7.47. The summed E-state index contributed by atoms with van der Waals surface area (Å²) in [6.07, 6.45) is 0. The van der Waals surface area contributed by atoms with Crippen molar-refractivity contribution in [2.75, 3.05) is 5.73 Å². The molecule has 0 atom stereocenters. The van der Waals surface area contributed by atoms with Crippen LogP contribution in [0.4, 0.5) is 5.69 Å². The Morgan fingerprint density at radius 1 is 1.35 bits per heavy atom. The van der Waals surface area contributed by atoms with Crippen molar-refractivity contribution in [3.8, 4) is 0 Å². The number of nitrogens with two attached hydrogens (primary N) is 1.